The van der Waals surface area contributed by atoms with Crippen molar-refractivity contribution in [3.8, 4) is 0 Å². The molecule has 17 heavy (non-hydrogen) atoms. The minimum atomic E-state index is 0.0845. The minimum absolute atomic E-state index is 0.0845. The van der Waals surface area contributed by atoms with Crippen LogP contribution in [0.2, 0.25) is 0 Å². The summed E-state index contributed by atoms with van der Waals surface area (Å²) in [6, 6.07) is 16.2. The molecule has 2 aromatic rings. The van der Waals surface area contributed by atoms with Crippen LogP contribution in [-0.2, 0) is 6.61 Å². The molecule has 0 saturated carbocycles. The van der Waals surface area contributed by atoms with E-state index < -0.39 is 0 Å². The van der Waals surface area contributed by atoms with Crippen LogP contribution >= 0.6 is 0 Å². The Morgan fingerprint density at radius 1 is 0.941 bits per heavy atom. The van der Waals surface area contributed by atoms with E-state index in [9.17, 15) is 5.11 Å². The van der Waals surface area contributed by atoms with Crippen LogP contribution in [0.3, 0.4) is 0 Å². The third-order valence-electron chi connectivity index (χ3n) is 2.86. The predicted octanol–water partition coefficient (Wildman–Crippen LogP) is 3.66. The normalized spacial score (nSPS) is 10.9. The Morgan fingerprint density at radius 2 is 1.71 bits per heavy atom. The first-order chi connectivity index (χ1) is 8.31. The number of benzene rings is 2. The number of aliphatic hydroxyl groups is 1. The van der Waals surface area contributed by atoms with Gasteiger partial charge in [0.05, 0.1) is 6.61 Å². The highest BCUT2D eigenvalue weighted by Crippen LogP contribution is 2.17. The molecular weight excluding hydrogens is 208 g/mol. The Bertz CT molecular complexity index is 512. The summed E-state index contributed by atoms with van der Waals surface area (Å²) in [7, 11) is 0. The molecule has 0 aliphatic carbocycles. The number of hydrogen-bond donors (Lipinski definition) is 1. The number of rotatable bonds is 3. The van der Waals surface area contributed by atoms with Gasteiger partial charge < -0.3 is 5.11 Å². The van der Waals surface area contributed by atoms with Crippen molar-refractivity contribution < 1.29 is 5.11 Å². The highest BCUT2D eigenvalue weighted by atomic mass is 16.3. The SMILES string of the molecule is Cc1cccc(/C=C/c2ccccc2)c1CO. The fourth-order valence-corrected chi connectivity index (χ4v) is 1.85. The van der Waals surface area contributed by atoms with Crippen molar-refractivity contribution in [1.29, 1.82) is 0 Å². The van der Waals surface area contributed by atoms with Crippen LogP contribution in [0, 0.1) is 6.92 Å². The van der Waals surface area contributed by atoms with Gasteiger partial charge in [-0.2, -0.15) is 0 Å². The van der Waals surface area contributed by atoms with Gasteiger partial charge in [-0.25, -0.2) is 0 Å². The standard InChI is InChI=1S/C16H16O/c1-13-6-5-9-15(16(13)12-17)11-10-14-7-3-2-4-8-14/h2-11,17H,12H2,1H3/b11-10+. The lowest BCUT2D eigenvalue weighted by atomic mass is 10.0. The summed E-state index contributed by atoms with van der Waals surface area (Å²) in [5.41, 5.74) is 4.37. The van der Waals surface area contributed by atoms with Crippen molar-refractivity contribution >= 4 is 12.2 Å². The van der Waals surface area contributed by atoms with Crippen molar-refractivity contribution in [2.75, 3.05) is 0 Å². The summed E-state index contributed by atoms with van der Waals surface area (Å²) in [4.78, 5) is 0. The second kappa shape index (κ2) is 5.46. The molecule has 2 aromatic carbocycles. The topological polar surface area (TPSA) is 20.2 Å². The number of hydrogen-bond acceptors (Lipinski definition) is 1. The Labute approximate surface area is 102 Å². The van der Waals surface area contributed by atoms with E-state index in [0.717, 1.165) is 22.3 Å². The highest BCUT2D eigenvalue weighted by Gasteiger charge is 2.00. The maximum atomic E-state index is 9.36. The molecule has 0 aliphatic rings. The molecule has 0 spiro atoms. The molecule has 0 saturated heterocycles. The first-order valence-corrected chi connectivity index (χ1v) is 5.74. The molecule has 1 N–H and O–H groups in total. The van der Waals surface area contributed by atoms with Crippen LogP contribution in [0.5, 0.6) is 0 Å². The molecule has 0 atom stereocenters. The van der Waals surface area contributed by atoms with Crippen LogP contribution in [-0.4, -0.2) is 5.11 Å². The molecule has 86 valence electrons. The lowest BCUT2D eigenvalue weighted by molar-refractivity contribution is 0.281. The lowest BCUT2D eigenvalue weighted by Crippen LogP contribution is -1.92. The molecule has 0 radical (unpaired) electrons. The van der Waals surface area contributed by atoms with E-state index in [0.29, 0.717) is 0 Å². The molecule has 1 nitrogen and oxygen atoms in total. The fourth-order valence-electron chi connectivity index (χ4n) is 1.85. The van der Waals surface area contributed by atoms with Gasteiger partial charge in [0, 0.05) is 0 Å². The van der Waals surface area contributed by atoms with Gasteiger partial charge in [0.1, 0.15) is 0 Å². The van der Waals surface area contributed by atoms with Gasteiger partial charge in [-0.1, -0.05) is 60.7 Å². The van der Waals surface area contributed by atoms with Crippen molar-refractivity contribution in [3.05, 3.63) is 70.8 Å². The maximum Gasteiger partial charge on any atom is 0.0690 e. The third kappa shape index (κ3) is 2.83. The van der Waals surface area contributed by atoms with E-state index >= 15 is 0 Å². The Balaban J connectivity index is 2.30. The Morgan fingerprint density at radius 3 is 2.41 bits per heavy atom. The van der Waals surface area contributed by atoms with E-state index in [4.69, 9.17) is 0 Å². The van der Waals surface area contributed by atoms with Crippen LogP contribution in [0.4, 0.5) is 0 Å². The van der Waals surface area contributed by atoms with E-state index in [-0.39, 0.29) is 6.61 Å². The molecule has 1 heteroatoms. The fraction of sp³-hybridized carbons (Fsp3) is 0.125. The zero-order valence-corrected chi connectivity index (χ0v) is 9.93. The van der Waals surface area contributed by atoms with E-state index in [1.54, 1.807) is 0 Å². The molecule has 0 unspecified atom stereocenters. The van der Waals surface area contributed by atoms with E-state index in [2.05, 4.69) is 18.2 Å². The summed E-state index contributed by atoms with van der Waals surface area (Å²) in [5.74, 6) is 0. The number of aryl methyl sites for hydroxylation is 1. The van der Waals surface area contributed by atoms with Gasteiger partial charge in [-0.3, -0.25) is 0 Å². The molecule has 0 bridgehead atoms. The van der Waals surface area contributed by atoms with Crippen LogP contribution in [0.1, 0.15) is 22.3 Å². The zero-order valence-electron chi connectivity index (χ0n) is 9.93. The van der Waals surface area contributed by atoms with Crippen molar-refractivity contribution in [2.24, 2.45) is 0 Å². The van der Waals surface area contributed by atoms with Crippen molar-refractivity contribution in [3.63, 3.8) is 0 Å². The van der Waals surface area contributed by atoms with Gasteiger partial charge in [-0.05, 0) is 29.2 Å². The summed E-state index contributed by atoms with van der Waals surface area (Å²) in [5, 5.41) is 9.36. The van der Waals surface area contributed by atoms with Gasteiger partial charge >= 0.3 is 0 Å². The van der Waals surface area contributed by atoms with E-state index in [1.165, 1.54) is 0 Å². The summed E-state index contributed by atoms with van der Waals surface area (Å²) < 4.78 is 0. The predicted molar refractivity (Wildman–Crippen MR) is 72.5 cm³/mol. The Kier molecular flexibility index (Phi) is 3.73. The Hall–Kier alpha value is -1.86. The second-order valence-corrected chi connectivity index (χ2v) is 4.04. The van der Waals surface area contributed by atoms with Crippen molar-refractivity contribution in [1.82, 2.24) is 0 Å². The smallest absolute Gasteiger partial charge is 0.0690 e. The summed E-state index contributed by atoms with van der Waals surface area (Å²) in [6.45, 7) is 2.10. The van der Waals surface area contributed by atoms with Crippen LogP contribution in [0.15, 0.2) is 48.5 Å². The molecule has 2 rings (SSSR count). The van der Waals surface area contributed by atoms with Gasteiger partial charge in [-0.15, -0.1) is 0 Å². The average Bonchev–Trinajstić information content (AvgIpc) is 2.37. The van der Waals surface area contributed by atoms with Crippen LogP contribution < -0.4 is 0 Å². The molecule has 0 heterocycles. The molecule has 0 aromatic heterocycles. The second-order valence-electron chi connectivity index (χ2n) is 4.04. The maximum absolute atomic E-state index is 9.36. The summed E-state index contributed by atoms with van der Waals surface area (Å²) >= 11 is 0. The first-order valence-electron chi connectivity index (χ1n) is 5.74. The largest absolute Gasteiger partial charge is 0.392 e. The van der Waals surface area contributed by atoms with Gasteiger partial charge in [0.25, 0.3) is 0 Å². The third-order valence-corrected chi connectivity index (χ3v) is 2.86. The highest BCUT2D eigenvalue weighted by molar-refractivity contribution is 5.71. The monoisotopic (exact) mass is 224 g/mol. The van der Waals surface area contributed by atoms with E-state index in [1.807, 2.05) is 49.4 Å². The molecular formula is C16H16O. The minimum Gasteiger partial charge on any atom is -0.392 e. The van der Waals surface area contributed by atoms with Crippen LogP contribution in [0.25, 0.3) is 12.2 Å². The van der Waals surface area contributed by atoms with Gasteiger partial charge in [0.2, 0.25) is 0 Å². The number of aliphatic hydroxyl groups excluding tert-OH is 1. The average molecular weight is 224 g/mol. The van der Waals surface area contributed by atoms with Crippen molar-refractivity contribution in [2.45, 2.75) is 13.5 Å². The molecule has 0 aliphatic heterocycles. The summed E-state index contributed by atoms with van der Waals surface area (Å²) in [6.07, 6.45) is 4.11. The first kappa shape index (κ1) is 11.6. The van der Waals surface area contributed by atoms with Gasteiger partial charge in [0.15, 0.2) is 0 Å². The molecule has 0 amide bonds. The lowest BCUT2D eigenvalue weighted by Gasteiger charge is -2.06. The molecule has 0 fully saturated rings. The quantitative estimate of drug-likeness (QED) is 0.789. The zero-order chi connectivity index (χ0) is 12.1.